The highest BCUT2D eigenvalue weighted by Crippen LogP contribution is 2.36. The fourth-order valence-corrected chi connectivity index (χ4v) is 2.62. The molecule has 19 heavy (non-hydrogen) atoms. The molecule has 1 heterocycles. The maximum Gasteiger partial charge on any atom is 0.283 e. The van der Waals surface area contributed by atoms with Crippen LogP contribution in [0.15, 0.2) is 34.2 Å². The molecule has 5 nitrogen and oxygen atoms in total. The van der Waals surface area contributed by atoms with Crippen LogP contribution in [0.5, 0.6) is 0 Å². The summed E-state index contributed by atoms with van der Waals surface area (Å²) < 4.78 is 0. The summed E-state index contributed by atoms with van der Waals surface area (Å²) in [7, 11) is 0. The van der Waals surface area contributed by atoms with Crippen LogP contribution in [-0.4, -0.2) is 15.1 Å². The van der Waals surface area contributed by atoms with E-state index in [-0.39, 0.29) is 5.69 Å². The lowest BCUT2D eigenvalue weighted by atomic mass is 10.2. The highest BCUT2D eigenvalue weighted by molar-refractivity contribution is 7.99. The second kappa shape index (κ2) is 5.54. The molecule has 7 heteroatoms. The van der Waals surface area contributed by atoms with Crippen molar-refractivity contribution in [3.63, 3.8) is 0 Å². The number of halogens is 1. The van der Waals surface area contributed by atoms with Crippen molar-refractivity contribution >= 4 is 29.1 Å². The molecular formula is C12H10ClN3O2S. The van der Waals surface area contributed by atoms with Gasteiger partial charge < -0.3 is 0 Å². The zero-order valence-corrected chi connectivity index (χ0v) is 11.8. The van der Waals surface area contributed by atoms with Crippen LogP contribution in [0.25, 0.3) is 0 Å². The van der Waals surface area contributed by atoms with Gasteiger partial charge in [-0.1, -0.05) is 35.5 Å². The van der Waals surface area contributed by atoms with E-state index in [9.17, 15) is 10.1 Å². The Morgan fingerprint density at radius 2 is 1.89 bits per heavy atom. The van der Waals surface area contributed by atoms with Gasteiger partial charge in [0.1, 0.15) is 5.03 Å². The van der Waals surface area contributed by atoms with Gasteiger partial charge in [0.15, 0.2) is 5.15 Å². The van der Waals surface area contributed by atoms with Crippen molar-refractivity contribution in [1.82, 2.24) is 10.2 Å². The molecule has 0 unspecified atom stereocenters. The van der Waals surface area contributed by atoms with Gasteiger partial charge in [-0.05, 0) is 31.0 Å². The second-order valence-corrected chi connectivity index (χ2v) is 5.26. The first kappa shape index (κ1) is 13.8. The zero-order chi connectivity index (χ0) is 14.0. The molecule has 2 aromatic rings. The SMILES string of the molecule is Cc1c(Cl)nnc(Sc2ccccc2[N+](=O)[O-])c1C. The van der Waals surface area contributed by atoms with E-state index in [1.807, 2.05) is 13.8 Å². The highest BCUT2D eigenvalue weighted by Gasteiger charge is 2.16. The van der Waals surface area contributed by atoms with Gasteiger partial charge >= 0.3 is 0 Å². The quantitative estimate of drug-likeness (QED) is 0.636. The Morgan fingerprint density at radius 3 is 2.58 bits per heavy atom. The topological polar surface area (TPSA) is 68.9 Å². The highest BCUT2D eigenvalue weighted by atomic mass is 35.5. The second-order valence-electron chi connectivity index (χ2n) is 3.87. The maximum atomic E-state index is 11.0. The van der Waals surface area contributed by atoms with Crippen LogP contribution in [0, 0.1) is 24.0 Å². The van der Waals surface area contributed by atoms with E-state index in [1.165, 1.54) is 17.8 Å². The summed E-state index contributed by atoms with van der Waals surface area (Å²) in [6.45, 7) is 3.71. The predicted molar refractivity (Wildman–Crippen MR) is 73.7 cm³/mol. The molecule has 0 bridgehead atoms. The Bertz CT molecular complexity index is 649. The number of nitrogens with zero attached hydrogens (tertiary/aromatic N) is 3. The van der Waals surface area contributed by atoms with E-state index in [4.69, 9.17) is 11.6 Å². The fourth-order valence-electron chi connectivity index (χ4n) is 1.45. The van der Waals surface area contributed by atoms with Crippen molar-refractivity contribution in [3.8, 4) is 0 Å². The summed E-state index contributed by atoms with van der Waals surface area (Å²) in [6, 6.07) is 6.54. The molecule has 0 saturated carbocycles. The number of benzene rings is 1. The summed E-state index contributed by atoms with van der Waals surface area (Å²) in [4.78, 5) is 11.1. The van der Waals surface area contributed by atoms with E-state index in [1.54, 1.807) is 18.2 Å². The van der Waals surface area contributed by atoms with Crippen molar-refractivity contribution < 1.29 is 4.92 Å². The van der Waals surface area contributed by atoms with Crippen LogP contribution in [0.3, 0.4) is 0 Å². The molecule has 1 aromatic carbocycles. The summed E-state index contributed by atoms with van der Waals surface area (Å²) >= 11 is 7.10. The minimum Gasteiger partial charge on any atom is -0.258 e. The van der Waals surface area contributed by atoms with Gasteiger partial charge in [-0.2, -0.15) is 0 Å². The van der Waals surface area contributed by atoms with Crippen LogP contribution in [-0.2, 0) is 0 Å². The lowest BCUT2D eigenvalue weighted by Crippen LogP contribution is -1.96. The van der Waals surface area contributed by atoms with Gasteiger partial charge in [-0.15, -0.1) is 10.2 Å². The average Bonchev–Trinajstić information content (AvgIpc) is 2.40. The number of hydrogen-bond donors (Lipinski definition) is 0. The lowest BCUT2D eigenvalue weighted by Gasteiger charge is -2.07. The van der Waals surface area contributed by atoms with Gasteiger partial charge in [-0.3, -0.25) is 10.1 Å². The van der Waals surface area contributed by atoms with Crippen molar-refractivity contribution in [2.45, 2.75) is 23.8 Å². The van der Waals surface area contributed by atoms with Crippen LogP contribution in [0.2, 0.25) is 5.15 Å². The molecule has 98 valence electrons. The summed E-state index contributed by atoms with van der Waals surface area (Å²) in [5.74, 6) is 0. The fraction of sp³-hybridized carbons (Fsp3) is 0.167. The van der Waals surface area contributed by atoms with Gasteiger partial charge in [0.25, 0.3) is 5.69 Å². The standard InChI is InChI=1S/C12H10ClN3O2S/c1-7-8(2)12(15-14-11(7)13)19-10-6-4-3-5-9(10)16(17)18/h3-6H,1-2H3. The first-order valence-corrected chi connectivity index (χ1v) is 6.61. The van der Waals surface area contributed by atoms with Crippen molar-refractivity contribution in [2.75, 3.05) is 0 Å². The first-order valence-electron chi connectivity index (χ1n) is 5.41. The third-order valence-corrected chi connectivity index (χ3v) is 4.20. The number of rotatable bonds is 3. The monoisotopic (exact) mass is 295 g/mol. The number of aromatic nitrogens is 2. The van der Waals surface area contributed by atoms with Crippen molar-refractivity contribution in [1.29, 1.82) is 0 Å². The minimum absolute atomic E-state index is 0.0568. The molecule has 1 aromatic heterocycles. The smallest absolute Gasteiger partial charge is 0.258 e. The predicted octanol–water partition coefficient (Wildman–Crippen LogP) is 3.81. The zero-order valence-electron chi connectivity index (χ0n) is 10.3. The molecule has 0 radical (unpaired) electrons. The normalized spacial score (nSPS) is 10.5. The Hall–Kier alpha value is -1.66. The van der Waals surface area contributed by atoms with Crippen molar-refractivity contribution in [2.24, 2.45) is 0 Å². The third-order valence-electron chi connectivity index (χ3n) is 2.69. The van der Waals surface area contributed by atoms with Gasteiger partial charge in [0, 0.05) is 6.07 Å². The molecule has 0 aliphatic rings. The third kappa shape index (κ3) is 2.85. The van der Waals surface area contributed by atoms with Crippen molar-refractivity contribution in [3.05, 3.63) is 50.7 Å². The summed E-state index contributed by atoms with van der Waals surface area (Å²) in [5.41, 5.74) is 1.77. The van der Waals surface area contributed by atoms with E-state index >= 15 is 0 Å². The Labute approximate surface area is 119 Å². The van der Waals surface area contributed by atoms with Crippen LogP contribution in [0.1, 0.15) is 11.1 Å². The summed E-state index contributed by atoms with van der Waals surface area (Å²) in [5, 5.41) is 19.8. The lowest BCUT2D eigenvalue weighted by molar-refractivity contribution is -0.387. The number of nitro groups is 1. The number of nitro benzene ring substituents is 1. The van der Waals surface area contributed by atoms with Gasteiger partial charge in [-0.25, -0.2) is 0 Å². The maximum absolute atomic E-state index is 11.0. The average molecular weight is 296 g/mol. The van der Waals surface area contributed by atoms with Gasteiger partial charge in [0.05, 0.1) is 9.82 Å². The van der Waals surface area contributed by atoms with Crippen LogP contribution >= 0.6 is 23.4 Å². The molecule has 0 atom stereocenters. The Kier molecular flexibility index (Phi) is 4.01. The molecular weight excluding hydrogens is 286 g/mol. The largest absolute Gasteiger partial charge is 0.283 e. The minimum atomic E-state index is -0.409. The Morgan fingerprint density at radius 1 is 1.21 bits per heavy atom. The van der Waals surface area contributed by atoms with Gasteiger partial charge in [0.2, 0.25) is 0 Å². The molecule has 0 N–H and O–H groups in total. The molecule has 0 saturated heterocycles. The number of para-hydroxylation sites is 1. The molecule has 0 aliphatic carbocycles. The molecule has 0 amide bonds. The number of hydrogen-bond acceptors (Lipinski definition) is 5. The van der Waals surface area contributed by atoms with Crippen LogP contribution in [0.4, 0.5) is 5.69 Å². The molecule has 0 aliphatic heterocycles. The van der Waals surface area contributed by atoms with E-state index in [2.05, 4.69) is 10.2 Å². The molecule has 0 spiro atoms. The summed E-state index contributed by atoms with van der Waals surface area (Å²) in [6.07, 6.45) is 0. The molecule has 0 fully saturated rings. The van der Waals surface area contributed by atoms with E-state index < -0.39 is 4.92 Å². The van der Waals surface area contributed by atoms with E-state index in [0.29, 0.717) is 15.1 Å². The van der Waals surface area contributed by atoms with Crippen LogP contribution < -0.4 is 0 Å². The Balaban J connectivity index is 2.42. The first-order chi connectivity index (χ1) is 9.00. The molecule has 2 rings (SSSR count). The van der Waals surface area contributed by atoms with E-state index in [0.717, 1.165) is 11.1 Å².